The van der Waals surface area contributed by atoms with Crippen molar-refractivity contribution in [3.05, 3.63) is 57.5 Å². The first kappa shape index (κ1) is 16.5. The van der Waals surface area contributed by atoms with Crippen LogP contribution in [0.1, 0.15) is 18.2 Å². The van der Waals surface area contributed by atoms with Gasteiger partial charge in [0.05, 0.1) is 11.3 Å². The fourth-order valence-electron chi connectivity index (χ4n) is 2.17. The van der Waals surface area contributed by atoms with Gasteiger partial charge in [0.2, 0.25) is 0 Å². The molecular formula is C17H19N3O3. The highest BCUT2D eigenvalue weighted by atomic mass is 16.3. The maximum Gasteiger partial charge on any atom is 0.292 e. The van der Waals surface area contributed by atoms with Crippen LogP contribution < -0.4 is 5.56 Å². The zero-order valence-corrected chi connectivity index (χ0v) is 13.6. The minimum atomic E-state index is -0.333. The zero-order chi connectivity index (χ0) is 17.1. The Labute approximate surface area is 134 Å². The second-order valence-electron chi connectivity index (χ2n) is 5.23. The number of carbonyl (C=O) groups is 1. The summed E-state index contributed by atoms with van der Waals surface area (Å²) in [5.74, 6) is -0.493. The summed E-state index contributed by atoms with van der Waals surface area (Å²) in [5.41, 5.74) is 1.23. The van der Waals surface area contributed by atoms with Crippen LogP contribution in [0.15, 0.2) is 45.7 Å². The van der Waals surface area contributed by atoms with Gasteiger partial charge in [-0.25, -0.2) is 4.99 Å². The van der Waals surface area contributed by atoms with Crippen molar-refractivity contribution in [1.29, 1.82) is 0 Å². The average Bonchev–Trinajstić information content (AvgIpc) is 2.72. The number of Topliss-reactive ketones (excluding diaryl/α,β-unsaturated/α-hetero) is 1. The average molecular weight is 313 g/mol. The second-order valence-corrected chi connectivity index (χ2v) is 5.23. The van der Waals surface area contributed by atoms with Gasteiger partial charge < -0.3 is 5.11 Å². The molecule has 0 aliphatic carbocycles. The number of rotatable bonds is 4. The molecule has 0 atom stereocenters. The molecule has 0 aliphatic heterocycles. The van der Waals surface area contributed by atoms with Crippen LogP contribution in [0.3, 0.4) is 0 Å². The minimum absolute atomic E-state index is 0.0570. The molecule has 0 saturated carbocycles. The van der Waals surface area contributed by atoms with Crippen molar-refractivity contribution in [2.24, 2.45) is 19.1 Å². The van der Waals surface area contributed by atoms with Gasteiger partial charge in [-0.05, 0) is 13.8 Å². The van der Waals surface area contributed by atoms with E-state index >= 15 is 0 Å². The van der Waals surface area contributed by atoms with Crippen LogP contribution in [0.4, 0.5) is 5.69 Å². The van der Waals surface area contributed by atoms with E-state index in [-0.39, 0.29) is 28.4 Å². The fraction of sp³-hybridized carbons (Fsp3) is 0.235. The molecule has 2 rings (SSSR count). The number of aromatic nitrogens is 2. The summed E-state index contributed by atoms with van der Waals surface area (Å²) in [6.45, 7) is 3.11. The molecule has 0 aliphatic rings. The van der Waals surface area contributed by atoms with Gasteiger partial charge in [-0.2, -0.15) is 0 Å². The molecule has 0 spiro atoms. The van der Waals surface area contributed by atoms with Crippen molar-refractivity contribution < 1.29 is 9.90 Å². The Hall–Kier alpha value is -2.89. The maximum absolute atomic E-state index is 12.1. The Balaban J connectivity index is 2.52. The Morgan fingerprint density at radius 2 is 1.78 bits per heavy atom. The van der Waals surface area contributed by atoms with Gasteiger partial charge in [0, 0.05) is 25.9 Å². The standard InChI is InChI=1S/C17H19N3O3/c1-11-15(17(23)20(4)19(11)3)18-10-14(12(2)21)16(22)13-8-6-5-7-9-13/h5-10,22H,1-4H3/b16-14-,18-10?. The molecule has 6 heteroatoms. The van der Waals surface area contributed by atoms with E-state index < -0.39 is 0 Å². The van der Waals surface area contributed by atoms with E-state index in [9.17, 15) is 14.7 Å². The molecule has 0 fully saturated rings. The number of aliphatic imine (C=N–C) groups is 1. The SMILES string of the molecule is CC(=O)/C(C=Nc1c(C)n(C)n(C)c1=O)=C(\O)c1ccccc1. The van der Waals surface area contributed by atoms with Gasteiger partial charge in [0.1, 0.15) is 5.76 Å². The first-order valence-electron chi connectivity index (χ1n) is 7.10. The molecule has 0 bridgehead atoms. The fourth-order valence-corrected chi connectivity index (χ4v) is 2.17. The summed E-state index contributed by atoms with van der Waals surface area (Å²) in [6.07, 6.45) is 1.24. The Kier molecular flexibility index (Phi) is 4.64. The van der Waals surface area contributed by atoms with Crippen molar-refractivity contribution in [2.45, 2.75) is 13.8 Å². The number of ketones is 1. The van der Waals surface area contributed by atoms with E-state index in [4.69, 9.17) is 0 Å². The van der Waals surface area contributed by atoms with Crippen molar-refractivity contribution in [2.75, 3.05) is 0 Å². The molecule has 23 heavy (non-hydrogen) atoms. The number of allylic oxidation sites excluding steroid dienone is 1. The normalized spacial score (nSPS) is 12.5. The summed E-state index contributed by atoms with van der Waals surface area (Å²) in [4.78, 5) is 28.1. The van der Waals surface area contributed by atoms with E-state index in [1.807, 2.05) is 6.07 Å². The molecule has 1 N–H and O–H groups in total. The minimum Gasteiger partial charge on any atom is -0.507 e. The Bertz CT molecular complexity index is 855. The topological polar surface area (TPSA) is 76.6 Å². The number of aliphatic hydroxyl groups is 1. The maximum atomic E-state index is 12.1. The first-order chi connectivity index (χ1) is 10.8. The van der Waals surface area contributed by atoms with Crippen molar-refractivity contribution in [3.63, 3.8) is 0 Å². The summed E-state index contributed by atoms with van der Waals surface area (Å²) in [6, 6.07) is 8.72. The number of carbonyl (C=O) groups excluding carboxylic acids is 1. The number of aliphatic hydroxyl groups excluding tert-OH is 1. The summed E-state index contributed by atoms with van der Waals surface area (Å²) in [5, 5.41) is 10.3. The molecule has 6 nitrogen and oxygen atoms in total. The quantitative estimate of drug-likeness (QED) is 0.534. The zero-order valence-electron chi connectivity index (χ0n) is 13.6. The molecule has 0 radical (unpaired) electrons. The van der Waals surface area contributed by atoms with Gasteiger partial charge in [0.25, 0.3) is 5.56 Å². The summed E-state index contributed by atoms with van der Waals surface area (Å²) < 4.78 is 3.10. The monoisotopic (exact) mass is 313 g/mol. The first-order valence-corrected chi connectivity index (χ1v) is 7.10. The Morgan fingerprint density at radius 1 is 1.17 bits per heavy atom. The molecule has 0 saturated heterocycles. The number of hydrogen-bond acceptors (Lipinski definition) is 4. The highest BCUT2D eigenvalue weighted by molar-refractivity contribution is 6.17. The van der Waals surface area contributed by atoms with Crippen LogP contribution in [-0.4, -0.2) is 26.5 Å². The van der Waals surface area contributed by atoms with Crippen LogP contribution in [0.25, 0.3) is 5.76 Å². The van der Waals surface area contributed by atoms with Crippen molar-refractivity contribution in [1.82, 2.24) is 9.36 Å². The smallest absolute Gasteiger partial charge is 0.292 e. The molecule has 1 aromatic carbocycles. The highest BCUT2D eigenvalue weighted by Crippen LogP contribution is 2.17. The molecular weight excluding hydrogens is 294 g/mol. The van der Waals surface area contributed by atoms with Gasteiger partial charge >= 0.3 is 0 Å². The molecule has 0 unspecified atom stereocenters. The van der Waals surface area contributed by atoms with E-state index in [0.717, 1.165) is 0 Å². The highest BCUT2D eigenvalue weighted by Gasteiger charge is 2.14. The molecule has 120 valence electrons. The number of nitrogens with zero attached hydrogens (tertiary/aromatic N) is 3. The van der Waals surface area contributed by atoms with E-state index in [0.29, 0.717) is 11.3 Å². The third kappa shape index (κ3) is 3.15. The van der Waals surface area contributed by atoms with Gasteiger partial charge in [-0.3, -0.25) is 19.0 Å². The molecule has 1 heterocycles. The van der Waals surface area contributed by atoms with Crippen LogP contribution in [0, 0.1) is 6.92 Å². The van der Waals surface area contributed by atoms with Crippen LogP contribution in [0.2, 0.25) is 0 Å². The number of benzene rings is 1. The third-order valence-electron chi connectivity index (χ3n) is 3.78. The van der Waals surface area contributed by atoms with Crippen LogP contribution in [-0.2, 0) is 18.9 Å². The van der Waals surface area contributed by atoms with Gasteiger partial charge in [0.15, 0.2) is 11.5 Å². The third-order valence-corrected chi connectivity index (χ3v) is 3.78. The lowest BCUT2D eigenvalue weighted by Crippen LogP contribution is -2.16. The summed E-state index contributed by atoms with van der Waals surface area (Å²) >= 11 is 0. The van der Waals surface area contributed by atoms with Gasteiger partial charge in [-0.15, -0.1) is 0 Å². The predicted octanol–water partition coefficient (Wildman–Crippen LogP) is 2.29. The van der Waals surface area contributed by atoms with Crippen molar-refractivity contribution in [3.8, 4) is 0 Å². The molecule has 0 amide bonds. The van der Waals surface area contributed by atoms with E-state index in [1.165, 1.54) is 17.8 Å². The lowest BCUT2D eigenvalue weighted by atomic mass is 10.1. The lowest BCUT2D eigenvalue weighted by molar-refractivity contribution is -0.113. The van der Waals surface area contributed by atoms with Crippen LogP contribution in [0.5, 0.6) is 0 Å². The predicted molar refractivity (Wildman–Crippen MR) is 90.2 cm³/mol. The Morgan fingerprint density at radius 3 is 2.26 bits per heavy atom. The molecule has 2 aromatic rings. The lowest BCUT2D eigenvalue weighted by Gasteiger charge is -2.04. The second kappa shape index (κ2) is 6.48. The van der Waals surface area contributed by atoms with Crippen LogP contribution >= 0.6 is 0 Å². The van der Waals surface area contributed by atoms with Gasteiger partial charge in [-0.1, -0.05) is 30.3 Å². The van der Waals surface area contributed by atoms with E-state index in [1.54, 1.807) is 50.0 Å². The largest absolute Gasteiger partial charge is 0.507 e. The summed E-state index contributed by atoms with van der Waals surface area (Å²) in [7, 11) is 3.39. The van der Waals surface area contributed by atoms with Crippen molar-refractivity contribution >= 4 is 23.4 Å². The number of hydrogen-bond donors (Lipinski definition) is 1. The van der Waals surface area contributed by atoms with E-state index in [2.05, 4.69) is 4.99 Å². The molecule has 1 aromatic heterocycles.